The third kappa shape index (κ3) is 2.55. The molecule has 8 heteroatoms. The fraction of sp³-hybridized carbons (Fsp3) is 0.200. The van der Waals surface area contributed by atoms with Gasteiger partial charge in [-0.2, -0.15) is 5.26 Å². The summed E-state index contributed by atoms with van der Waals surface area (Å²) in [6.45, 7) is 3.50. The first-order chi connectivity index (χ1) is 13.6. The predicted octanol–water partition coefficient (Wildman–Crippen LogP) is 3.91. The maximum absolute atomic E-state index is 9.20. The fourth-order valence-electron chi connectivity index (χ4n) is 3.54. The van der Waals surface area contributed by atoms with Gasteiger partial charge in [0.05, 0.1) is 53.4 Å². The van der Waals surface area contributed by atoms with Crippen LogP contribution in [-0.2, 0) is 10.2 Å². The van der Waals surface area contributed by atoms with Crippen molar-refractivity contribution in [1.82, 2.24) is 19.5 Å². The fourth-order valence-corrected chi connectivity index (χ4v) is 3.90. The Labute approximate surface area is 169 Å². The molecular weight excluding hydrogens is 420 g/mol. The number of fused-ring (bicyclic) bond motifs is 3. The molecule has 3 aromatic heterocycles. The van der Waals surface area contributed by atoms with E-state index in [0.29, 0.717) is 24.7 Å². The Morgan fingerprint density at radius 2 is 2.04 bits per heavy atom. The lowest BCUT2D eigenvalue weighted by Gasteiger charge is -2.37. The van der Waals surface area contributed by atoms with Gasteiger partial charge in [-0.05, 0) is 37.3 Å². The molecule has 1 fully saturated rings. The molecule has 0 bridgehead atoms. The lowest BCUT2D eigenvalue weighted by molar-refractivity contribution is -0.0520. The van der Waals surface area contributed by atoms with Crippen molar-refractivity contribution in [3.63, 3.8) is 0 Å². The Morgan fingerprint density at radius 3 is 2.71 bits per heavy atom. The number of hydrogen-bond acceptors (Lipinski definition) is 6. The molecule has 4 aromatic rings. The van der Waals surface area contributed by atoms with Gasteiger partial charge >= 0.3 is 0 Å². The quantitative estimate of drug-likeness (QED) is 0.388. The number of pyridine rings is 2. The van der Waals surface area contributed by atoms with E-state index in [0.717, 1.165) is 32.3 Å². The first-order valence-electron chi connectivity index (χ1n) is 8.75. The summed E-state index contributed by atoms with van der Waals surface area (Å²) in [6, 6.07) is 9.92. The van der Waals surface area contributed by atoms with Crippen molar-refractivity contribution >= 4 is 43.8 Å². The minimum absolute atomic E-state index is 0.0370. The van der Waals surface area contributed by atoms with E-state index < -0.39 is 0 Å². The predicted molar refractivity (Wildman–Crippen MR) is 109 cm³/mol. The van der Waals surface area contributed by atoms with Crippen LogP contribution in [0.1, 0.15) is 12.6 Å². The van der Waals surface area contributed by atoms with Gasteiger partial charge in [-0.15, -0.1) is 0 Å². The van der Waals surface area contributed by atoms with Crippen LogP contribution in [-0.4, -0.2) is 32.7 Å². The highest BCUT2D eigenvalue weighted by Gasteiger charge is 2.36. The van der Waals surface area contributed by atoms with E-state index in [1.54, 1.807) is 6.20 Å². The van der Waals surface area contributed by atoms with Crippen molar-refractivity contribution in [2.45, 2.75) is 12.3 Å². The number of imidazole rings is 1. The largest absolute Gasteiger partial charge is 0.379 e. The van der Waals surface area contributed by atoms with Gasteiger partial charge in [-0.3, -0.25) is 19.9 Å². The second-order valence-corrected chi connectivity index (χ2v) is 8.03. The van der Waals surface area contributed by atoms with E-state index in [-0.39, 0.29) is 5.41 Å². The molecule has 1 saturated heterocycles. The van der Waals surface area contributed by atoms with Crippen LogP contribution in [0.4, 0.5) is 5.95 Å². The van der Waals surface area contributed by atoms with Crippen LogP contribution in [0.3, 0.4) is 0 Å². The lowest BCUT2D eigenvalue weighted by atomic mass is 9.84. The molecule has 7 nitrogen and oxygen atoms in total. The molecule has 28 heavy (non-hydrogen) atoms. The standard InChI is InChI=1S/C20H15BrN6O/c1-20(9-28-10-20)17-5-3-13(7-24-17)27-18-14-6-12(21)2-4-15(14)23-8-16(18)26-19(27)25-11-22/h2-8H,9-10H2,1H3,(H,25,26). The lowest BCUT2D eigenvalue weighted by Crippen LogP contribution is -2.44. The number of rotatable bonds is 3. The highest BCUT2D eigenvalue weighted by atomic mass is 79.9. The number of aromatic nitrogens is 4. The number of nitriles is 1. The van der Waals surface area contributed by atoms with Crippen molar-refractivity contribution in [2.24, 2.45) is 0 Å². The second-order valence-electron chi connectivity index (χ2n) is 7.12. The van der Waals surface area contributed by atoms with E-state index in [2.05, 4.69) is 43.1 Å². The molecule has 5 rings (SSSR count). The van der Waals surface area contributed by atoms with Crippen molar-refractivity contribution in [2.75, 3.05) is 18.5 Å². The zero-order valence-electron chi connectivity index (χ0n) is 15.0. The number of anilines is 1. The number of nitrogens with zero attached hydrogens (tertiary/aromatic N) is 5. The van der Waals surface area contributed by atoms with Gasteiger partial charge in [-0.1, -0.05) is 15.9 Å². The number of hydrogen-bond donors (Lipinski definition) is 1. The zero-order chi connectivity index (χ0) is 19.3. The normalized spacial score (nSPS) is 15.3. The average molecular weight is 435 g/mol. The molecular formula is C20H15BrN6O. The number of nitrogens with one attached hydrogen (secondary N) is 1. The van der Waals surface area contributed by atoms with Crippen molar-refractivity contribution < 1.29 is 4.74 Å². The maximum Gasteiger partial charge on any atom is 0.222 e. The molecule has 0 saturated carbocycles. The van der Waals surface area contributed by atoms with Crippen molar-refractivity contribution in [1.29, 1.82) is 5.26 Å². The van der Waals surface area contributed by atoms with Crippen LogP contribution < -0.4 is 5.32 Å². The van der Waals surface area contributed by atoms with Gasteiger partial charge in [0.25, 0.3) is 0 Å². The van der Waals surface area contributed by atoms with Gasteiger partial charge in [-0.25, -0.2) is 4.98 Å². The summed E-state index contributed by atoms with van der Waals surface area (Å²) in [4.78, 5) is 13.7. The first kappa shape index (κ1) is 17.1. The molecule has 138 valence electrons. The second kappa shape index (κ2) is 6.26. The van der Waals surface area contributed by atoms with Crippen LogP contribution in [0.15, 0.2) is 47.2 Å². The smallest absolute Gasteiger partial charge is 0.222 e. The van der Waals surface area contributed by atoms with E-state index in [9.17, 15) is 5.26 Å². The summed E-state index contributed by atoms with van der Waals surface area (Å²) in [7, 11) is 0. The Balaban J connectivity index is 1.76. The van der Waals surface area contributed by atoms with Crippen molar-refractivity contribution in [3.05, 3.63) is 52.9 Å². The minimum atomic E-state index is -0.0370. The summed E-state index contributed by atoms with van der Waals surface area (Å²) >= 11 is 3.53. The Morgan fingerprint density at radius 1 is 1.18 bits per heavy atom. The molecule has 1 aromatic carbocycles. The summed E-state index contributed by atoms with van der Waals surface area (Å²) < 4.78 is 8.21. The maximum atomic E-state index is 9.20. The van der Waals surface area contributed by atoms with Crippen LogP contribution in [0.25, 0.3) is 27.6 Å². The molecule has 1 aliphatic rings. The van der Waals surface area contributed by atoms with E-state index in [4.69, 9.17) is 4.74 Å². The minimum Gasteiger partial charge on any atom is -0.379 e. The Hall–Kier alpha value is -3.02. The molecule has 4 heterocycles. The van der Waals surface area contributed by atoms with Crippen LogP contribution in [0.2, 0.25) is 0 Å². The molecule has 1 N–H and O–H groups in total. The van der Waals surface area contributed by atoms with Gasteiger partial charge in [0.1, 0.15) is 5.52 Å². The van der Waals surface area contributed by atoms with Crippen molar-refractivity contribution in [3.8, 4) is 11.9 Å². The van der Waals surface area contributed by atoms with Crippen LogP contribution >= 0.6 is 15.9 Å². The van der Waals surface area contributed by atoms with Gasteiger partial charge in [0.15, 0.2) is 6.19 Å². The monoisotopic (exact) mass is 434 g/mol. The number of halogens is 1. The number of benzene rings is 1. The molecule has 0 amide bonds. The number of ether oxygens (including phenoxy) is 1. The van der Waals surface area contributed by atoms with E-state index in [1.165, 1.54) is 0 Å². The molecule has 0 aliphatic carbocycles. The molecule has 0 unspecified atom stereocenters. The summed E-state index contributed by atoms with van der Waals surface area (Å²) in [5, 5.41) is 12.8. The SMILES string of the molecule is CC1(c2ccc(-n3c(NC#N)nc4cnc5ccc(Br)cc5c43)cn2)COC1. The van der Waals surface area contributed by atoms with Gasteiger partial charge in [0.2, 0.25) is 5.95 Å². The van der Waals surface area contributed by atoms with Crippen LogP contribution in [0, 0.1) is 11.5 Å². The summed E-state index contributed by atoms with van der Waals surface area (Å²) in [5.74, 6) is 0.430. The highest BCUT2D eigenvalue weighted by Crippen LogP contribution is 2.33. The van der Waals surface area contributed by atoms with Gasteiger partial charge in [0, 0.05) is 9.86 Å². The van der Waals surface area contributed by atoms with E-state index in [1.807, 2.05) is 47.3 Å². The Kier molecular flexibility index (Phi) is 3.82. The first-order valence-corrected chi connectivity index (χ1v) is 9.55. The highest BCUT2D eigenvalue weighted by molar-refractivity contribution is 9.10. The topological polar surface area (TPSA) is 88.7 Å². The molecule has 1 aliphatic heterocycles. The molecule has 0 spiro atoms. The summed E-state index contributed by atoms with van der Waals surface area (Å²) in [6.07, 6.45) is 5.50. The average Bonchev–Trinajstić information content (AvgIpc) is 3.05. The third-order valence-electron chi connectivity index (χ3n) is 5.08. The molecule has 0 atom stereocenters. The van der Waals surface area contributed by atoms with E-state index >= 15 is 0 Å². The third-order valence-corrected chi connectivity index (χ3v) is 5.57. The zero-order valence-corrected chi connectivity index (χ0v) is 16.6. The van der Waals surface area contributed by atoms with Gasteiger partial charge < -0.3 is 4.74 Å². The van der Waals surface area contributed by atoms with Crippen LogP contribution in [0.5, 0.6) is 0 Å². The Bertz CT molecular complexity index is 1250. The summed E-state index contributed by atoms with van der Waals surface area (Å²) in [5.41, 5.74) is 4.20. The molecule has 0 radical (unpaired) electrons.